The summed E-state index contributed by atoms with van der Waals surface area (Å²) in [6.45, 7) is 11.6. The van der Waals surface area contributed by atoms with Crippen molar-refractivity contribution >= 4 is 27.5 Å². The Morgan fingerprint density at radius 1 is 1.00 bits per heavy atom. The van der Waals surface area contributed by atoms with Gasteiger partial charge in [-0.15, -0.1) is 11.6 Å². The fourth-order valence-corrected chi connectivity index (χ4v) is 7.44. The van der Waals surface area contributed by atoms with Crippen molar-refractivity contribution in [2.45, 2.75) is 95.3 Å². The summed E-state index contributed by atoms with van der Waals surface area (Å²) in [4.78, 5) is 0.595. The number of fused-ring (bicyclic) bond motifs is 3. The number of hydrogen-bond acceptors (Lipinski definition) is 2. The van der Waals surface area contributed by atoms with Gasteiger partial charge in [0, 0.05) is 4.83 Å². The molecule has 2 nitrogen and oxygen atoms in total. The van der Waals surface area contributed by atoms with E-state index in [1.54, 1.807) is 0 Å². The van der Waals surface area contributed by atoms with Crippen molar-refractivity contribution in [1.29, 1.82) is 0 Å². The Kier molecular flexibility index (Phi) is 4.95. The Morgan fingerprint density at radius 3 is 2.25 bits per heavy atom. The maximum Gasteiger partial charge on any atom is 0.100 e. The van der Waals surface area contributed by atoms with Crippen molar-refractivity contribution in [3.63, 3.8) is 0 Å². The van der Waals surface area contributed by atoms with Crippen LogP contribution in [0.1, 0.15) is 73.1 Å². The largest absolute Gasteiger partial charge is 0.387 e. The lowest BCUT2D eigenvalue weighted by Crippen LogP contribution is -2.60. The average molecular weight is 422 g/mol. The van der Waals surface area contributed by atoms with Gasteiger partial charge in [0.1, 0.15) is 6.10 Å². The maximum atomic E-state index is 10.9. The van der Waals surface area contributed by atoms with Crippen LogP contribution in [0.15, 0.2) is 0 Å². The summed E-state index contributed by atoms with van der Waals surface area (Å²) < 4.78 is 6.58. The van der Waals surface area contributed by atoms with Crippen molar-refractivity contribution in [2.75, 3.05) is 5.88 Å². The molecule has 2 saturated carbocycles. The van der Waals surface area contributed by atoms with Crippen LogP contribution in [0.3, 0.4) is 0 Å². The molecular weight excluding hydrogens is 388 g/mol. The summed E-state index contributed by atoms with van der Waals surface area (Å²) in [6, 6.07) is 0. The van der Waals surface area contributed by atoms with Gasteiger partial charge in [-0.2, -0.15) is 0 Å². The van der Waals surface area contributed by atoms with E-state index in [-0.39, 0.29) is 17.1 Å². The van der Waals surface area contributed by atoms with Crippen LogP contribution >= 0.6 is 27.5 Å². The van der Waals surface area contributed by atoms with E-state index in [4.69, 9.17) is 16.3 Å². The fourth-order valence-electron chi connectivity index (χ4n) is 6.50. The van der Waals surface area contributed by atoms with E-state index in [1.165, 1.54) is 19.3 Å². The van der Waals surface area contributed by atoms with E-state index in [0.717, 1.165) is 19.3 Å². The smallest absolute Gasteiger partial charge is 0.100 e. The van der Waals surface area contributed by atoms with E-state index in [2.05, 4.69) is 43.6 Å². The molecule has 0 aromatic heterocycles. The lowest BCUT2D eigenvalue weighted by atomic mass is 9.45. The molecule has 0 aromatic carbocycles. The van der Waals surface area contributed by atoms with Crippen molar-refractivity contribution < 1.29 is 9.84 Å². The molecule has 1 heterocycles. The van der Waals surface area contributed by atoms with Crippen molar-refractivity contribution in [2.24, 2.45) is 22.7 Å². The molecule has 0 amide bonds. The lowest BCUT2D eigenvalue weighted by Gasteiger charge is -2.63. The molecule has 140 valence electrons. The number of rotatable bonds is 1. The van der Waals surface area contributed by atoms with Gasteiger partial charge in [0.15, 0.2) is 0 Å². The van der Waals surface area contributed by atoms with Crippen LogP contribution < -0.4 is 0 Å². The highest BCUT2D eigenvalue weighted by Crippen LogP contribution is 2.65. The minimum Gasteiger partial charge on any atom is -0.387 e. The van der Waals surface area contributed by atoms with Gasteiger partial charge in [-0.3, -0.25) is 0 Å². The predicted molar refractivity (Wildman–Crippen MR) is 104 cm³/mol. The zero-order chi connectivity index (χ0) is 18.0. The van der Waals surface area contributed by atoms with Crippen LogP contribution in [0.5, 0.6) is 0 Å². The molecule has 0 aromatic rings. The standard InChI is InChI=1S/C20H34BrClO2/c1-17(2)13-7-11-20(5)14(18(13,3)9-8-15(17)21)6-10-19(4,23)16(12-22)24-20/h13-16,23H,6-12H2,1-5H3/t13?,14?,15-,16+,18-,19+,20+/m0/s1. The minimum atomic E-state index is -0.823. The quantitative estimate of drug-likeness (QED) is 0.564. The summed E-state index contributed by atoms with van der Waals surface area (Å²) in [5, 5.41) is 10.9. The molecule has 1 aliphatic heterocycles. The second kappa shape index (κ2) is 6.11. The number of hydrogen-bond donors (Lipinski definition) is 1. The highest BCUT2D eigenvalue weighted by molar-refractivity contribution is 9.09. The average Bonchev–Trinajstić information content (AvgIpc) is 2.58. The van der Waals surface area contributed by atoms with Gasteiger partial charge in [0.25, 0.3) is 0 Å². The van der Waals surface area contributed by atoms with Gasteiger partial charge in [0.2, 0.25) is 0 Å². The molecule has 0 radical (unpaired) electrons. The highest BCUT2D eigenvalue weighted by atomic mass is 79.9. The van der Waals surface area contributed by atoms with Crippen LogP contribution in [-0.2, 0) is 4.74 Å². The fraction of sp³-hybridized carbons (Fsp3) is 1.00. The monoisotopic (exact) mass is 420 g/mol. The minimum absolute atomic E-state index is 0.166. The van der Waals surface area contributed by atoms with Gasteiger partial charge >= 0.3 is 0 Å². The van der Waals surface area contributed by atoms with Crippen molar-refractivity contribution in [3.05, 3.63) is 0 Å². The Labute approximate surface area is 161 Å². The number of aliphatic hydroxyl groups is 1. The molecule has 1 saturated heterocycles. The van der Waals surface area contributed by atoms with E-state index >= 15 is 0 Å². The van der Waals surface area contributed by atoms with Gasteiger partial charge in [0.05, 0.1) is 17.1 Å². The Balaban J connectivity index is 1.98. The van der Waals surface area contributed by atoms with E-state index in [1.807, 2.05) is 6.92 Å². The van der Waals surface area contributed by atoms with Crippen LogP contribution in [-0.4, -0.2) is 33.1 Å². The zero-order valence-corrected chi connectivity index (χ0v) is 18.2. The topological polar surface area (TPSA) is 29.5 Å². The second-order valence-electron chi connectivity index (χ2n) is 9.95. The van der Waals surface area contributed by atoms with Crippen LogP contribution in [0, 0.1) is 22.7 Å². The van der Waals surface area contributed by atoms with Crippen LogP contribution in [0.25, 0.3) is 0 Å². The number of ether oxygens (including phenoxy) is 1. The van der Waals surface area contributed by atoms with Crippen LogP contribution in [0.4, 0.5) is 0 Å². The van der Waals surface area contributed by atoms with Gasteiger partial charge < -0.3 is 9.84 Å². The Morgan fingerprint density at radius 2 is 1.62 bits per heavy atom. The molecular formula is C20H34BrClO2. The Hall–Kier alpha value is 0.690. The van der Waals surface area contributed by atoms with Gasteiger partial charge in [-0.05, 0) is 75.0 Å². The first kappa shape index (κ1) is 19.5. The number of halogens is 2. The molecule has 2 aliphatic carbocycles. The lowest BCUT2D eigenvalue weighted by molar-refractivity contribution is -0.213. The first-order valence-corrected chi connectivity index (χ1v) is 11.0. The normalized spacial score (nSPS) is 54.5. The molecule has 24 heavy (non-hydrogen) atoms. The third kappa shape index (κ3) is 2.80. The molecule has 0 spiro atoms. The van der Waals surface area contributed by atoms with Gasteiger partial charge in [-0.25, -0.2) is 0 Å². The van der Waals surface area contributed by atoms with E-state index in [9.17, 15) is 5.11 Å². The molecule has 3 rings (SSSR count). The molecule has 4 heteroatoms. The summed E-state index contributed by atoms with van der Waals surface area (Å²) >= 11 is 10.1. The van der Waals surface area contributed by atoms with Gasteiger partial charge in [-0.1, -0.05) is 36.7 Å². The first-order chi connectivity index (χ1) is 11.0. The predicted octanol–water partition coefficient (Wildman–Crippen LogP) is 5.53. The first-order valence-electron chi connectivity index (χ1n) is 9.57. The molecule has 3 aliphatic rings. The summed E-state index contributed by atoms with van der Waals surface area (Å²) in [5.74, 6) is 1.55. The molecule has 7 atom stereocenters. The summed E-state index contributed by atoms with van der Waals surface area (Å²) in [7, 11) is 0. The Bertz CT molecular complexity index is 494. The second-order valence-corrected chi connectivity index (χ2v) is 11.4. The summed E-state index contributed by atoms with van der Waals surface area (Å²) in [5.41, 5.74) is -0.413. The van der Waals surface area contributed by atoms with E-state index in [0.29, 0.717) is 28.0 Å². The SMILES string of the molecule is CC1(C)C2CC[C@@]3(C)O[C@H](CCl)[C@](C)(O)CCC3[C@@]2(C)CC[C@@H]1Br. The molecule has 0 bridgehead atoms. The third-order valence-corrected chi connectivity index (χ3v) is 10.0. The highest BCUT2D eigenvalue weighted by Gasteiger charge is 2.62. The molecule has 3 fully saturated rings. The third-order valence-electron chi connectivity index (χ3n) is 8.08. The van der Waals surface area contributed by atoms with Crippen LogP contribution in [0.2, 0.25) is 0 Å². The zero-order valence-electron chi connectivity index (χ0n) is 15.9. The number of alkyl halides is 2. The van der Waals surface area contributed by atoms with Crippen molar-refractivity contribution in [3.8, 4) is 0 Å². The summed E-state index contributed by atoms with van der Waals surface area (Å²) in [6.07, 6.45) is 6.30. The maximum absolute atomic E-state index is 10.9. The molecule has 1 N–H and O–H groups in total. The molecule has 2 unspecified atom stereocenters. The van der Waals surface area contributed by atoms with Crippen molar-refractivity contribution in [1.82, 2.24) is 0 Å². The van der Waals surface area contributed by atoms with E-state index < -0.39 is 5.60 Å².